The highest BCUT2D eigenvalue weighted by atomic mass is 16.5. The molecule has 2 heterocycles. The summed E-state index contributed by atoms with van der Waals surface area (Å²) in [6.07, 6.45) is 6.33. The van der Waals surface area contributed by atoms with Crippen LogP contribution >= 0.6 is 0 Å². The van der Waals surface area contributed by atoms with Gasteiger partial charge in [-0.05, 0) is 48.2 Å². The molecule has 1 aliphatic heterocycles. The molecule has 1 atom stereocenters. The molecule has 0 bridgehead atoms. The van der Waals surface area contributed by atoms with Gasteiger partial charge < -0.3 is 14.2 Å². The molecule has 0 spiro atoms. The maximum atomic E-state index is 5.94. The van der Waals surface area contributed by atoms with Crippen LogP contribution in [0.2, 0.25) is 0 Å². The minimum absolute atomic E-state index is 0.280. The van der Waals surface area contributed by atoms with Crippen LogP contribution < -0.4 is 9.47 Å². The van der Waals surface area contributed by atoms with Crippen LogP contribution in [0, 0.1) is 0 Å². The second-order valence-electron chi connectivity index (χ2n) is 7.57. The van der Waals surface area contributed by atoms with Crippen molar-refractivity contribution >= 4 is 0 Å². The van der Waals surface area contributed by atoms with E-state index < -0.39 is 0 Å². The van der Waals surface area contributed by atoms with Crippen molar-refractivity contribution < 1.29 is 14.2 Å². The van der Waals surface area contributed by atoms with Gasteiger partial charge >= 0.3 is 0 Å². The minimum Gasteiger partial charge on any atom is -0.493 e. The van der Waals surface area contributed by atoms with Crippen LogP contribution in [0.1, 0.15) is 24.0 Å². The van der Waals surface area contributed by atoms with Gasteiger partial charge in [0, 0.05) is 38.6 Å². The molecule has 6 heteroatoms. The Morgan fingerprint density at radius 2 is 1.93 bits per heavy atom. The summed E-state index contributed by atoms with van der Waals surface area (Å²) < 4.78 is 18.8. The van der Waals surface area contributed by atoms with Crippen LogP contribution in [0.25, 0.3) is 5.69 Å². The monoisotopic (exact) mass is 407 g/mol. The van der Waals surface area contributed by atoms with Gasteiger partial charge in [-0.15, -0.1) is 0 Å². The molecule has 0 amide bonds. The molecule has 30 heavy (non-hydrogen) atoms. The van der Waals surface area contributed by atoms with Crippen molar-refractivity contribution in [1.82, 2.24) is 14.7 Å². The highest BCUT2D eigenvalue weighted by molar-refractivity contribution is 5.43. The second kappa shape index (κ2) is 9.78. The van der Waals surface area contributed by atoms with E-state index in [1.165, 1.54) is 11.1 Å². The average Bonchev–Trinajstić information content (AvgIpc) is 3.48. The van der Waals surface area contributed by atoms with Gasteiger partial charge in [-0.1, -0.05) is 24.3 Å². The van der Waals surface area contributed by atoms with E-state index in [2.05, 4.69) is 46.4 Å². The van der Waals surface area contributed by atoms with E-state index >= 15 is 0 Å². The smallest absolute Gasteiger partial charge is 0.161 e. The zero-order valence-electron chi connectivity index (χ0n) is 17.7. The van der Waals surface area contributed by atoms with Gasteiger partial charge in [0.05, 0.1) is 26.0 Å². The lowest BCUT2D eigenvalue weighted by Crippen LogP contribution is -2.31. The van der Waals surface area contributed by atoms with Crippen molar-refractivity contribution in [3.05, 3.63) is 72.1 Å². The van der Waals surface area contributed by atoms with E-state index in [1.807, 2.05) is 29.2 Å². The van der Waals surface area contributed by atoms with Gasteiger partial charge in [0.1, 0.15) is 0 Å². The number of ether oxygens (including phenoxy) is 3. The molecule has 1 saturated heterocycles. The fourth-order valence-electron chi connectivity index (χ4n) is 4.02. The fraction of sp³-hybridized carbons (Fsp3) is 0.375. The van der Waals surface area contributed by atoms with Crippen molar-refractivity contribution in [2.45, 2.75) is 32.0 Å². The van der Waals surface area contributed by atoms with Crippen molar-refractivity contribution in [1.29, 1.82) is 0 Å². The summed E-state index contributed by atoms with van der Waals surface area (Å²) in [5.41, 5.74) is 3.52. The van der Waals surface area contributed by atoms with Crippen LogP contribution in [0.5, 0.6) is 11.5 Å². The van der Waals surface area contributed by atoms with E-state index in [9.17, 15) is 0 Å². The Labute approximate surface area is 178 Å². The first-order chi connectivity index (χ1) is 14.8. The first-order valence-electron chi connectivity index (χ1n) is 10.4. The number of rotatable bonds is 9. The van der Waals surface area contributed by atoms with Crippen molar-refractivity contribution in [3.8, 4) is 17.2 Å². The van der Waals surface area contributed by atoms with Gasteiger partial charge in [-0.25, -0.2) is 4.68 Å². The van der Waals surface area contributed by atoms with E-state index in [0.717, 1.165) is 56.3 Å². The Morgan fingerprint density at radius 3 is 2.67 bits per heavy atom. The maximum Gasteiger partial charge on any atom is 0.161 e. The Kier molecular flexibility index (Phi) is 6.67. The summed E-state index contributed by atoms with van der Waals surface area (Å²) >= 11 is 0. The Morgan fingerprint density at radius 1 is 1.07 bits per heavy atom. The van der Waals surface area contributed by atoms with Gasteiger partial charge in [-0.2, -0.15) is 5.10 Å². The zero-order valence-corrected chi connectivity index (χ0v) is 17.7. The van der Waals surface area contributed by atoms with Crippen molar-refractivity contribution in [2.75, 3.05) is 27.4 Å². The quantitative estimate of drug-likeness (QED) is 0.535. The number of nitrogens with zero attached hydrogens (tertiary/aromatic N) is 3. The molecule has 1 aliphatic rings. The normalized spacial score (nSPS) is 16.2. The van der Waals surface area contributed by atoms with Crippen LogP contribution in [0.3, 0.4) is 0 Å². The predicted molar refractivity (Wildman–Crippen MR) is 116 cm³/mol. The van der Waals surface area contributed by atoms with Crippen molar-refractivity contribution in [2.24, 2.45) is 0 Å². The number of benzene rings is 2. The van der Waals surface area contributed by atoms with Gasteiger partial charge in [0.15, 0.2) is 11.5 Å². The van der Waals surface area contributed by atoms with Crippen molar-refractivity contribution in [3.63, 3.8) is 0 Å². The molecular weight excluding hydrogens is 378 g/mol. The average molecular weight is 408 g/mol. The summed E-state index contributed by atoms with van der Waals surface area (Å²) in [5, 5.41) is 4.43. The largest absolute Gasteiger partial charge is 0.493 e. The summed E-state index contributed by atoms with van der Waals surface area (Å²) in [5.74, 6) is 1.50. The minimum atomic E-state index is 0.280. The van der Waals surface area contributed by atoms with Crippen LogP contribution in [-0.2, 0) is 17.8 Å². The molecule has 3 aromatic rings. The molecule has 1 unspecified atom stereocenters. The molecular formula is C24H29N3O3. The van der Waals surface area contributed by atoms with E-state index in [0.29, 0.717) is 0 Å². The highest BCUT2D eigenvalue weighted by Crippen LogP contribution is 2.29. The van der Waals surface area contributed by atoms with E-state index in [4.69, 9.17) is 14.2 Å². The third-order valence-corrected chi connectivity index (χ3v) is 5.48. The first-order valence-corrected chi connectivity index (χ1v) is 10.4. The van der Waals surface area contributed by atoms with Gasteiger partial charge in [0.25, 0.3) is 0 Å². The SMILES string of the molecule is COc1ccc(CN(Cc2ccccc2-n2cccn2)CC2CCCO2)cc1OC. The van der Waals surface area contributed by atoms with Crippen LogP contribution in [0.15, 0.2) is 60.9 Å². The fourth-order valence-corrected chi connectivity index (χ4v) is 4.02. The lowest BCUT2D eigenvalue weighted by molar-refractivity contribution is 0.0678. The predicted octanol–water partition coefficient (Wildman–Crippen LogP) is 4.07. The molecule has 0 N–H and O–H groups in total. The number of hydrogen-bond donors (Lipinski definition) is 0. The summed E-state index contributed by atoms with van der Waals surface area (Å²) in [6, 6.07) is 16.5. The lowest BCUT2D eigenvalue weighted by atomic mass is 10.1. The summed E-state index contributed by atoms with van der Waals surface area (Å²) in [4.78, 5) is 2.44. The first kappa shape index (κ1) is 20.4. The molecule has 2 aromatic carbocycles. The molecule has 0 radical (unpaired) electrons. The van der Waals surface area contributed by atoms with Gasteiger partial charge in [0.2, 0.25) is 0 Å². The molecule has 4 rings (SSSR count). The summed E-state index contributed by atoms with van der Waals surface area (Å²) in [7, 11) is 3.33. The standard InChI is InChI=1S/C24H29N3O3/c1-28-23-11-10-19(15-24(23)29-2)16-26(18-21-8-5-14-30-21)17-20-7-3-4-9-22(20)27-13-6-12-25-27/h3-4,6-7,9-13,15,21H,5,8,14,16-18H2,1-2H3. The van der Waals surface area contributed by atoms with Gasteiger partial charge in [-0.3, -0.25) is 4.90 Å². The third kappa shape index (κ3) is 4.83. The van der Waals surface area contributed by atoms with E-state index in [1.54, 1.807) is 14.2 Å². The molecule has 158 valence electrons. The topological polar surface area (TPSA) is 48.8 Å². The number of aromatic nitrogens is 2. The highest BCUT2D eigenvalue weighted by Gasteiger charge is 2.21. The number of para-hydroxylation sites is 1. The number of methoxy groups -OCH3 is 2. The third-order valence-electron chi connectivity index (χ3n) is 5.48. The summed E-state index contributed by atoms with van der Waals surface area (Å²) in [6.45, 7) is 3.36. The molecule has 6 nitrogen and oxygen atoms in total. The molecule has 0 saturated carbocycles. The second-order valence-corrected chi connectivity index (χ2v) is 7.57. The molecule has 0 aliphatic carbocycles. The van der Waals surface area contributed by atoms with Crippen LogP contribution in [0.4, 0.5) is 0 Å². The Hall–Kier alpha value is -2.83. The van der Waals surface area contributed by atoms with E-state index in [-0.39, 0.29) is 6.10 Å². The van der Waals surface area contributed by atoms with Crippen LogP contribution in [-0.4, -0.2) is 48.2 Å². The Bertz CT molecular complexity index is 937. The molecule has 1 aromatic heterocycles. The number of hydrogen-bond acceptors (Lipinski definition) is 5. The zero-order chi connectivity index (χ0) is 20.8. The lowest BCUT2D eigenvalue weighted by Gasteiger charge is -2.26. The molecule has 1 fully saturated rings. The maximum absolute atomic E-state index is 5.94. The Balaban J connectivity index is 1.58.